The molecule has 124 valence electrons. The molecular weight excluding hydrogens is 308 g/mol. The molecule has 0 fully saturated rings. The van der Waals surface area contributed by atoms with Crippen LogP contribution in [0.3, 0.4) is 0 Å². The van der Waals surface area contributed by atoms with Crippen molar-refractivity contribution in [1.29, 1.82) is 0 Å². The Labute approximate surface area is 143 Å². The molecule has 0 aliphatic rings. The van der Waals surface area contributed by atoms with E-state index in [1.165, 1.54) is 11.1 Å². The van der Waals surface area contributed by atoms with E-state index < -0.39 is 0 Å². The fourth-order valence-electron chi connectivity index (χ4n) is 2.09. The molecule has 0 saturated carbocycles. The van der Waals surface area contributed by atoms with Crippen molar-refractivity contribution >= 4 is 23.0 Å². The van der Waals surface area contributed by atoms with Gasteiger partial charge in [0.15, 0.2) is 5.11 Å². The first-order valence-electron chi connectivity index (χ1n) is 7.88. The van der Waals surface area contributed by atoms with Gasteiger partial charge in [-0.1, -0.05) is 29.8 Å². The number of ether oxygens (including phenoxy) is 1. The van der Waals surface area contributed by atoms with Gasteiger partial charge in [-0.25, -0.2) is 0 Å². The Hall–Kier alpha value is -1.92. The van der Waals surface area contributed by atoms with Gasteiger partial charge in [-0.15, -0.1) is 0 Å². The highest BCUT2D eigenvalue weighted by molar-refractivity contribution is 7.80. The number of thiocarbonyl (C=S) groups is 1. The number of anilines is 1. The lowest BCUT2D eigenvalue weighted by Crippen LogP contribution is -2.29. The van der Waals surface area contributed by atoms with E-state index >= 15 is 0 Å². The Balaban J connectivity index is 1.75. The SMILES string of the molecule is CCOCCCNC(=S)Nc1cnn(Cc2ccc(C)cc2)c1. The minimum Gasteiger partial charge on any atom is -0.382 e. The number of nitrogens with zero attached hydrogens (tertiary/aromatic N) is 2. The van der Waals surface area contributed by atoms with E-state index in [4.69, 9.17) is 17.0 Å². The third kappa shape index (κ3) is 6.38. The second kappa shape index (κ2) is 9.27. The van der Waals surface area contributed by atoms with Crippen LogP contribution < -0.4 is 10.6 Å². The number of benzene rings is 1. The molecule has 0 unspecified atom stereocenters. The van der Waals surface area contributed by atoms with Gasteiger partial charge in [0, 0.05) is 26.0 Å². The Bertz CT molecular complexity index is 609. The largest absolute Gasteiger partial charge is 0.382 e. The Morgan fingerprint density at radius 2 is 2.09 bits per heavy atom. The zero-order chi connectivity index (χ0) is 16.5. The molecule has 2 rings (SSSR count). The summed E-state index contributed by atoms with van der Waals surface area (Å²) in [6.07, 6.45) is 4.67. The molecule has 0 radical (unpaired) electrons. The number of aromatic nitrogens is 2. The van der Waals surface area contributed by atoms with Gasteiger partial charge in [-0.05, 0) is 38.0 Å². The molecule has 5 nitrogen and oxygen atoms in total. The smallest absolute Gasteiger partial charge is 0.170 e. The Morgan fingerprint density at radius 1 is 1.30 bits per heavy atom. The predicted molar refractivity (Wildman–Crippen MR) is 97.8 cm³/mol. The fourth-order valence-corrected chi connectivity index (χ4v) is 2.31. The van der Waals surface area contributed by atoms with Gasteiger partial charge in [0.2, 0.25) is 0 Å². The van der Waals surface area contributed by atoms with E-state index in [9.17, 15) is 0 Å². The van der Waals surface area contributed by atoms with E-state index in [1.807, 2.05) is 17.8 Å². The van der Waals surface area contributed by atoms with Gasteiger partial charge in [0.05, 0.1) is 18.4 Å². The third-order valence-electron chi connectivity index (χ3n) is 3.31. The first-order chi connectivity index (χ1) is 11.2. The molecule has 0 aliphatic heterocycles. The molecule has 2 N–H and O–H groups in total. The van der Waals surface area contributed by atoms with Crippen LogP contribution in [0.2, 0.25) is 0 Å². The molecule has 2 aromatic rings. The quantitative estimate of drug-likeness (QED) is 0.575. The molecule has 0 aliphatic carbocycles. The molecule has 0 saturated heterocycles. The second-order valence-corrected chi connectivity index (χ2v) is 5.75. The van der Waals surface area contributed by atoms with Crippen molar-refractivity contribution in [3.63, 3.8) is 0 Å². The zero-order valence-corrected chi connectivity index (χ0v) is 14.5. The molecule has 1 aromatic carbocycles. The Morgan fingerprint density at radius 3 is 2.83 bits per heavy atom. The van der Waals surface area contributed by atoms with Crippen LogP contribution in [-0.4, -0.2) is 34.7 Å². The van der Waals surface area contributed by atoms with Crippen LogP contribution in [0, 0.1) is 6.92 Å². The summed E-state index contributed by atoms with van der Waals surface area (Å²) in [6, 6.07) is 8.46. The highest BCUT2D eigenvalue weighted by Gasteiger charge is 2.02. The van der Waals surface area contributed by atoms with Crippen LogP contribution in [-0.2, 0) is 11.3 Å². The summed E-state index contributed by atoms with van der Waals surface area (Å²) >= 11 is 5.27. The summed E-state index contributed by atoms with van der Waals surface area (Å²) in [5.74, 6) is 0. The molecule has 0 amide bonds. The topological polar surface area (TPSA) is 51.1 Å². The number of rotatable bonds is 8. The van der Waals surface area contributed by atoms with Crippen LogP contribution in [0.25, 0.3) is 0 Å². The van der Waals surface area contributed by atoms with Crippen molar-refractivity contribution < 1.29 is 4.74 Å². The average molecular weight is 332 g/mol. The maximum Gasteiger partial charge on any atom is 0.170 e. The predicted octanol–water partition coefficient (Wildman–Crippen LogP) is 2.95. The lowest BCUT2D eigenvalue weighted by atomic mass is 10.1. The minimum atomic E-state index is 0.608. The maximum absolute atomic E-state index is 5.28. The molecule has 1 heterocycles. The second-order valence-electron chi connectivity index (χ2n) is 5.34. The van der Waals surface area contributed by atoms with Crippen LogP contribution in [0.1, 0.15) is 24.5 Å². The minimum absolute atomic E-state index is 0.608. The lowest BCUT2D eigenvalue weighted by molar-refractivity contribution is 0.146. The highest BCUT2D eigenvalue weighted by Crippen LogP contribution is 2.09. The van der Waals surface area contributed by atoms with Gasteiger partial charge in [0.1, 0.15) is 0 Å². The first kappa shape index (κ1) is 17.4. The van der Waals surface area contributed by atoms with Crippen molar-refractivity contribution in [2.24, 2.45) is 0 Å². The summed E-state index contributed by atoms with van der Waals surface area (Å²) in [4.78, 5) is 0. The maximum atomic E-state index is 5.28. The number of nitrogens with one attached hydrogen (secondary N) is 2. The molecule has 1 aromatic heterocycles. The summed E-state index contributed by atoms with van der Waals surface area (Å²) in [7, 11) is 0. The number of hydrogen-bond donors (Lipinski definition) is 2. The van der Waals surface area contributed by atoms with Crippen molar-refractivity contribution in [2.75, 3.05) is 25.1 Å². The molecule has 0 atom stereocenters. The van der Waals surface area contributed by atoms with Crippen LogP contribution in [0.15, 0.2) is 36.7 Å². The molecule has 0 bridgehead atoms. The molecule has 0 spiro atoms. The molecule has 23 heavy (non-hydrogen) atoms. The van der Waals surface area contributed by atoms with Gasteiger partial charge in [0.25, 0.3) is 0 Å². The van der Waals surface area contributed by atoms with Gasteiger partial charge in [-0.3, -0.25) is 4.68 Å². The summed E-state index contributed by atoms with van der Waals surface area (Å²) in [6.45, 7) is 7.12. The summed E-state index contributed by atoms with van der Waals surface area (Å²) < 4.78 is 7.18. The highest BCUT2D eigenvalue weighted by atomic mass is 32.1. The van der Waals surface area contributed by atoms with E-state index in [1.54, 1.807) is 6.20 Å². The van der Waals surface area contributed by atoms with Crippen LogP contribution >= 0.6 is 12.2 Å². The summed E-state index contributed by atoms with van der Waals surface area (Å²) in [5, 5.41) is 11.3. The van der Waals surface area contributed by atoms with E-state index in [0.717, 1.165) is 38.4 Å². The van der Waals surface area contributed by atoms with Crippen LogP contribution in [0.4, 0.5) is 5.69 Å². The van der Waals surface area contributed by atoms with Crippen LogP contribution in [0.5, 0.6) is 0 Å². The zero-order valence-electron chi connectivity index (χ0n) is 13.7. The monoisotopic (exact) mass is 332 g/mol. The molecule has 6 heteroatoms. The Kier molecular flexibility index (Phi) is 7.03. The first-order valence-corrected chi connectivity index (χ1v) is 8.29. The number of aryl methyl sites for hydroxylation is 1. The van der Waals surface area contributed by atoms with E-state index in [2.05, 4.69) is 46.9 Å². The number of hydrogen-bond acceptors (Lipinski definition) is 3. The van der Waals surface area contributed by atoms with Gasteiger partial charge in [-0.2, -0.15) is 5.10 Å². The normalized spacial score (nSPS) is 10.5. The van der Waals surface area contributed by atoms with E-state index in [-0.39, 0.29) is 0 Å². The van der Waals surface area contributed by atoms with Crippen molar-refractivity contribution in [3.05, 3.63) is 47.8 Å². The van der Waals surface area contributed by atoms with E-state index in [0.29, 0.717) is 5.11 Å². The standard InChI is InChI=1S/C17H24N4OS/c1-3-22-10-4-9-18-17(23)20-16-11-19-21(13-16)12-15-7-5-14(2)6-8-15/h5-8,11,13H,3-4,9-10,12H2,1-2H3,(H2,18,20,23). The summed E-state index contributed by atoms with van der Waals surface area (Å²) in [5.41, 5.74) is 3.37. The fraction of sp³-hybridized carbons (Fsp3) is 0.412. The van der Waals surface area contributed by atoms with Crippen molar-refractivity contribution in [1.82, 2.24) is 15.1 Å². The van der Waals surface area contributed by atoms with Crippen molar-refractivity contribution in [2.45, 2.75) is 26.8 Å². The van der Waals surface area contributed by atoms with Gasteiger partial charge >= 0.3 is 0 Å². The van der Waals surface area contributed by atoms with Gasteiger partial charge < -0.3 is 15.4 Å². The third-order valence-corrected chi connectivity index (χ3v) is 3.56. The van der Waals surface area contributed by atoms with Crippen molar-refractivity contribution in [3.8, 4) is 0 Å². The lowest BCUT2D eigenvalue weighted by Gasteiger charge is -2.08. The molecular formula is C17H24N4OS. The average Bonchev–Trinajstić information content (AvgIpc) is 2.96.